The molecule has 1 aromatic carbocycles. The maximum absolute atomic E-state index is 6.54. The van der Waals surface area contributed by atoms with Crippen LogP contribution in [-0.4, -0.2) is 25.4 Å². The lowest BCUT2D eigenvalue weighted by Gasteiger charge is -2.44. The van der Waals surface area contributed by atoms with Crippen LogP contribution in [0.3, 0.4) is 0 Å². The molecule has 2 fully saturated rings. The molecule has 1 aromatic rings. The largest absolute Gasteiger partial charge is 0.381 e. The second kappa shape index (κ2) is 6.55. The average Bonchev–Trinajstić information content (AvgIpc) is 2.50. The molecule has 0 radical (unpaired) electrons. The van der Waals surface area contributed by atoms with Crippen molar-refractivity contribution in [3.05, 3.63) is 33.3 Å². The minimum absolute atomic E-state index is 0.0305. The van der Waals surface area contributed by atoms with Crippen molar-refractivity contribution in [2.75, 3.05) is 19.8 Å². The summed E-state index contributed by atoms with van der Waals surface area (Å²) in [6.45, 7) is 2.36. The van der Waals surface area contributed by atoms with Crippen molar-refractivity contribution >= 4 is 27.5 Å². The SMILES string of the molecule is NC(c1cc(Br)ccc1Cl)C1CCOC2(CCOCC2)C1. The van der Waals surface area contributed by atoms with Crippen molar-refractivity contribution < 1.29 is 9.47 Å². The molecule has 0 bridgehead atoms. The molecule has 2 atom stereocenters. The third-order valence-electron chi connectivity index (χ3n) is 4.76. The Balaban J connectivity index is 1.77. The summed E-state index contributed by atoms with van der Waals surface area (Å²) in [5.41, 5.74) is 7.53. The van der Waals surface area contributed by atoms with Crippen LogP contribution in [-0.2, 0) is 9.47 Å². The second-order valence-electron chi connectivity index (χ2n) is 6.09. The fraction of sp³-hybridized carbons (Fsp3) is 0.625. The van der Waals surface area contributed by atoms with Crippen molar-refractivity contribution in [2.45, 2.75) is 37.3 Å². The van der Waals surface area contributed by atoms with Crippen molar-refractivity contribution in [1.29, 1.82) is 0 Å². The van der Waals surface area contributed by atoms with E-state index in [2.05, 4.69) is 15.9 Å². The lowest BCUT2D eigenvalue weighted by molar-refractivity contribution is -0.149. The van der Waals surface area contributed by atoms with Crippen LogP contribution in [0.25, 0.3) is 0 Å². The fourth-order valence-electron chi connectivity index (χ4n) is 3.49. The molecule has 2 N–H and O–H groups in total. The minimum Gasteiger partial charge on any atom is -0.381 e. The summed E-state index contributed by atoms with van der Waals surface area (Å²) in [5.74, 6) is 0.406. The molecule has 1 spiro atoms. The molecule has 3 nitrogen and oxygen atoms in total. The highest BCUT2D eigenvalue weighted by Crippen LogP contribution is 2.42. The van der Waals surface area contributed by atoms with Gasteiger partial charge >= 0.3 is 0 Å². The highest BCUT2D eigenvalue weighted by molar-refractivity contribution is 9.10. The molecule has 2 heterocycles. The van der Waals surface area contributed by atoms with E-state index in [9.17, 15) is 0 Å². The third-order valence-corrected chi connectivity index (χ3v) is 5.60. The number of hydrogen-bond acceptors (Lipinski definition) is 3. The molecule has 0 aliphatic carbocycles. The first kappa shape index (κ1) is 15.8. The third kappa shape index (κ3) is 3.45. The number of halogens is 2. The summed E-state index contributed by atoms with van der Waals surface area (Å²) >= 11 is 9.84. The van der Waals surface area contributed by atoms with E-state index in [0.29, 0.717) is 5.92 Å². The number of nitrogens with two attached hydrogens (primary N) is 1. The zero-order valence-corrected chi connectivity index (χ0v) is 14.3. The van der Waals surface area contributed by atoms with Crippen LogP contribution in [0.2, 0.25) is 5.02 Å². The van der Waals surface area contributed by atoms with Crippen LogP contribution in [0.15, 0.2) is 22.7 Å². The van der Waals surface area contributed by atoms with Crippen LogP contribution in [0.4, 0.5) is 0 Å². The zero-order valence-electron chi connectivity index (χ0n) is 12.0. The van der Waals surface area contributed by atoms with Crippen molar-refractivity contribution in [3.63, 3.8) is 0 Å². The van der Waals surface area contributed by atoms with Crippen LogP contribution >= 0.6 is 27.5 Å². The van der Waals surface area contributed by atoms with Crippen molar-refractivity contribution in [2.24, 2.45) is 11.7 Å². The Labute approximate surface area is 139 Å². The van der Waals surface area contributed by atoms with Gasteiger partial charge in [-0.2, -0.15) is 0 Å². The quantitative estimate of drug-likeness (QED) is 0.848. The molecule has 5 heteroatoms. The van der Waals surface area contributed by atoms with Crippen LogP contribution in [0.5, 0.6) is 0 Å². The molecular weight excluding hydrogens is 354 g/mol. The second-order valence-corrected chi connectivity index (χ2v) is 7.41. The van der Waals surface area contributed by atoms with Gasteiger partial charge in [0.25, 0.3) is 0 Å². The highest BCUT2D eigenvalue weighted by Gasteiger charge is 2.41. The first-order valence-corrected chi connectivity index (χ1v) is 8.69. The van der Waals surface area contributed by atoms with Crippen LogP contribution < -0.4 is 5.73 Å². The summed E-state index contributed by atoms with van der Waals surface area (Å²) < 4.78 is 12.6. The Morgan fingerprint density at radius 2 is 2.05 bits per heavy atom. The molecule has 0 saturated carbocycles. The zero-order chi connectivity index (χ0) is 14.9. The number of ether oxygens (including phenoxy) is 2. The Kier molecular flexibility index (Phi) is 4.91. The van der Waals surface area contributed by atoms with Gasteiger partial charge in [-0.3, -0.25) is 0 Å². The van der Waals surface area contributed by atoms with E-state index in [0.717, 1.165) is 60.6 Å². The van der Waals surface area contributed by atoms with E-state index < -0.39 is 0 Å². The molecule has 2 aliphatic rings. The molecular formula is C16H21BrClNO2. The molecule has 0 aromatic heterocycles. The average molecular weight is 375 g/mol. The number of rotatable bonds is 2. The van der Waals surface area contributed by atoms with Gasteiger partial charge in [0.05, 0.1) is 5.60 Å². The predicted molar refractivity (Wildman–Crippen MR) is 87.5 cm³/mol. The molecule has 2 unspecified atom stereocenters. The summed E-state index contributed by atoms with van der Waals surface area (Å²) in [7, 11) is 0. The van der Waals surface area contributed by atoms with E-state index in [1.54, 1.807) is 0 Å². The van der Waals surface area contributed by atoms with E-state index in [-0.39, 0.29) is 11.6 Å². The molecule has 0 amide bonds. The number of benzene rings is 1. The summed E-state index contributed by atoms with van der Waals surface area (Å²) in [6.07, 6.45) is 3.94. The van der Waals surface area contributed by atoms with Gasteiger partial charge in [0.15, 0.2) is 0 Å². The molecule has 116 valence electrons. The summed E-state index contributed by atoms with van der Waals surface area (Å²) in [4.78, 5) is 0. The Morgan fingerprint density at radius 1 is 1.29 bits per heavy atom. The first-order chi connectivity index (χ1) is 10.1. The monoisotopic (exact) mass is 373 g/mol. The smallest absolute Gasteiger partial charge is 0.0729 e. The van der Waals surface area contributed by atoms with Crippen molar-refractivity contribution in [1.82, 2.24) is 0 Å². The minimum atomic E-state index is -0.0429. The van der Waals surface area contributed by atoms with Gasteiger partial charge in [-0.15, -0.1) is 0 Å². The maximum Gasteiger partial charge on any atom is 0.0729 e. The van der Waals surface area contributed by atoms with E-state index in [1.165, 1.54) is 0 Å². The highest BCUT2D eigenvalue weighted by atomic mass is 79.9. The number of hydrogen-bond donors (Lipinski definition) is 1. The van der Waals surface area contributed by atoms with Gasteiger partial charge in [-0.05, 0) is 55.4 Å². The van der Waals surface area contributed by atoms with E-state index in [1.807, 2.05) is 18.2 Å². The molecule has 2 saturated heterocycles. The molecule has 2 aliphatic heterocycles. The molecule has 3 rings (SSSR count). The Hall–Kier alpha value is -0.130. The van der Waals surface area contributed by atoms with E-state index >= 15 is 0 Å². The first-order valence-electron chi connectivity index (χ1n) is 7.52. The van der Waals surface area contributed by atoms with E-state index in [4.69, 9.17) is 26.8 Å². The summed E-state index contributed by atoms with van der Waals surface area (Å²) in [6, 6.07) is 5.85. The van der Waals surface area contributed by atoms with Gasteiger partial charge in [-0.1, -0.05) is 27.5 Å². The van der Waals surface area contributed by atoms with Crippen molar-refractivity contribution in [3.8, 4) is 0 Å². The lowest BCUT2D eigenvalue weighted by atomic mass is 9.76. The normalized spacial score (nSPS) is 26.7. The van der Waals surface area contributed by atoms with Crippen LogP contribution in [0, 0.1) is 5.92 Å². The Bertz CT molecular complexity index is 500. The van der Waals surface area contributed by atoms with Gasteiger partial charge in [0, 0.05) is 35.4 Å². The Morgan fingerprint density at radius 3 is 2.81 bits per heavy atom. The van der Waals surface area contributed by atoms with Gasteiger partial charge < -0.3 is 15.2 Å². The maximum atomic E-state index is 6.54. The summed E-state index contributed by atoms with van der Waals surface area (Å²) in [5, 5.41) is 0.748. The standard InChI is InChI=1S/C16H21BrClNO2/c17-12-1-2-14(18)13(9-12)15(19)11-3-6-21-16(10-11)4-7-20-8-5-16/h1-2,9,11,15H,3-8,10,19H2. The topological polar surface area (TPSA) is 44.5 Å². The van der Waals surface area contributed by atoms with Crippen LogP contribution in [0.1, 0.15) is 37.3 Å². The molecule has 21 heavy (non-hydrogen) atoms. The van der Waals surface area contributed by atoms with Gasteiger partial charge in [-0.25, -0.2) is 0 Å². The fourth-order valence-corrected chi connectivity index (χ4v) is 4.11. The lowest BCUT2D eigenvalue weighted by Crippen LogP contribution is -2.46. The van der Waals surface area contributed by atoms with Gasteiger partial charge in [0.2, 0.25) is 0 Å². The predicted octanol–water partition coefficient (Wildman–Crippen LogP) is 4.08. The van der Waals surface area contributed by atoms with Gasteiger partial charge in [0.1, 0.15) is 0 Å².